The standard InChI is InChI=1S/C14H19NO10/c1-8(16)22-7-13(24-10(3)18)14(25-11(4)19)12(23-9(2)17)5-6-15(20)21/h5-6,12-14H,7H2,1-4H3/b6-5+/t12-,13-,14-/m1/s1. The molecule has 0 fully saturated rings. The molecule has 0 aliphatic rings. The highest BCUT2D eigenvalue weighted by Gasteiger charge is 2.37. The highest BCUT2D eigenvalue weighted by atomic mass is 16.6. The van der Waals surface area contributed by atoms with E-state index in [9.17, 15) is 29.3 Å². The molecule has 0 N–H and O–H groups in total. The fourth-order valence-electron chi connectivity index (χ4n) is 1.72. The van der Waals surface area contributed by atoms with Gasteiger partial charge in [-0.25, -0.2) is 0 Å². The van der Waals surface area contributed by atoms with Gasteiger partial charge >= 0.3 is 23.9 Å². The van der Waals surface area contributed by atoms with Crippen molar-refractivity contribution in [3.05, 3.63) is 22.4 Å². The van der Waals surface area contributed by atoms with Gasteiger partial charge in [0.2, 0.25) is 6.20 Å². The summed E-state index contributed by atoms with van der Waals surface area (Å²) in [6, 6.07) is 0. The first-order chi connectivity index (χ1) is 11.5. The number of nitro groups is 1. The van der Waals surface area contributed by atoms with E-state index in [0.717, 1.165) is 33.8 Å². The Bertz CT molecular complexity index is 556. The zero-order valence-electron chi connectivity index (χ0n) is 14.1. The number of esters is 4. The molecular formula is C14H19NO10. The SMILES string of the molecule is CC(=O)OC[C@@H](OC(C)=O)[C@H](OC(C)=O)[C@@H](/C=C/[N+](=O)[O-])OC(C)=O. The quantitative estimate of drug-likeness (QED) is 0.240. The lowest BCUT2D eigenvalue weighted by molar-refractivity contribution is -0.403. The summed E-state index contributed by atoms with van der Waals surface area (Å²) >= 11 is 0. The van der Waals surface area contributed by atoms with Gasteiger partial charge in [-0.1, -0.05) is 0 Å². The molecule has 0 bridgehead atoms. The molecule has 11 nitrogen and oxygen atoms in total. The second kappa shape index (κ2) is 10.7. The number of carbonyl (C=O) groups excluding carboxylic acids is 4. The first-order valence-electron chi connectivity index (χ1n) is 6.99. The summed E-state index contributed by atoms with van der Waals surface area (Å²) in [5.74, 6) is -3.17. The minimum absolute atomic E-state index is 0.473. The van der Waals surface area contributed by atoms with Crippen LogP contribution in [0.4, 0.5) is 0 Å². The topological polar surface area (TPSA) is 148 Å². The molecule has 25 heavy (non-hydrogen) atoms. The van der Waals surface area contributed by atoms with E-state index in [1.54, 1.807) is 0 Å². The summed E-state index contributed by atoms with van der Waals surface area (Å²) in [7, 11) is 0. The van der Waals surface area contributed by atoms with E-state index in [0.29, 0.717) is 6.20 Å². The predicted octanol–water partition coefficient (Wildman–Crippen LogP) is 0.135. The third-order valence-corrected chi connectivity index (χ3v) is 2.46. The van der Waals surface area contributed by atoms with E-state index < -0.39 is 53.7 Å². The predicted molar refractivity (Wildman–Crippen MR) is 79.4 cm³/mol. The van der Waals surface area contributed by atoms with Crippen LogP contribution in [0.15, 0.2) is 12.3 Å². The maximum absolute atomic E-state index is 11.3. The molecule has 0 heterocycles. The van der Waals surface area contributed by atoms with Crippen molar-refractivity contribution in [3.63, 3.8) is 0 Å². The molecule has 0 unspecified atom stereocenters. The van der Waals surface area contributed by atoms with E-state index in [2.05, 4.69) is 0 Å². The van der Waals surface area contributed by atoms with Gasteiger partial charge in [-0.15, -0.1) is 0 Å². The van der Waals surface area contributed by atoms with Crippen molar-refractivity contribution in [3.8, 4) is 0 Å². The second-order valence-electron chi connectivity index (χ2n) is 4.73. The van der Waals surface area contributed by atoms with E-state index in [-0.39, 0.29) is 0 Å². The van der Waals surface area contributed by atoms with E-state index >= 15 is 0 Å². The Morgan fingerprint density at radius 1 is 0.920 bits per heavy atom. The van der Waals surface area contributed by atoms with Crippen molar-refractivity contribution in [2.24, 2.45) is 0 Å². The Labute approximate surface area is 143 Å². The average molecular weight is 361 g/mol. The van der Waals surface area contributed by atoms with Gasteiger partial charge in [0.15, 0.2) is 18.3 Å². The maximum atomic E-state index is 11.3. The lowest BCUT2D eigenvalue weighted by atomic mass is 10.1. The molecule has 0 aromatic carbocycles. The number of ether oxygens (including phenoxy) is 4. The largest absolute Gasteiger partial charge is 0.462 e. The molecule has 0 aliphatic heterocycles. The Kier molecular flexibility index (Phi) is 9.45. The number of hydrogen-bond donors (Lipinski definition) is 0. The number of carbonyl (C=O) groups is 4. The number of nitrogens with zero attached hydrogens (tertiary/aromatic N) is 1. The minimum Gasteiger partial charge on any atom is -0.462 e. The van der Waals surface area contributed by atoms with Gasteiger partial charge in [-0.3, -0.25) is 29.3 Å². The smallest absolute Gasteiger partial charge is 0.303 e. The van der Waals surface area contributed by atoms with Crippen LogP contribution >= 0.6 is 0 Å². The van der Waals surface area contributed by atoms with Gasteiger partial charge in [-0.05, 0) is 0 Å². The summed E-state index contributed by atoms with van der Waals surface area (Å²) in [4.78, 5) is 54.5. The highest BCUT2D eigenvalue weighted by molar-refractivity contribution is 5.69. The number of rotatable bonds is 9. The summed E-state index contributed by atoms with van der Waals surface area (Å²) in [5.41, 5.74) is 0. The highest BCUT2D eigenvalue weighted by Crippen LogP contribution is 2.16. The molecule has 3 atom stereocenters. The van der Waals surface area contributed by atoms with Crippen LogP contribution in [0.3, 0.4) is 0 Å². The van der Waals surface area contributed by atoms with Crippen molar-refractivity contribution < 1.29 is 43.0 Å². The molecule has 0 aliphatic carbocycles. The molecule has 0 aromatic heterocycles. The summed E-state index contributed by atoms with van der Waals surface area (Å²) in [5, 5.41) is 10.5. The van der Waals surface area contributed by atoms with Gasteiger partial charge in [0, 0.05) is 33.8 Å². The molecule has 0 spiro atoms. The molecule has 0 rings (SSSR count). The first-order valence-corrected chi connectivity index (χ1v) is 6.99. The van der Waals surface area contributed by atoms with Gasteiger partial charge in [-0.2, -0.15) is 0 Å². The molecule has 0 saturated heterocycles. The van der Waals surface area contributed by atoms with Crippen molar-refractivity contribution in [1.82, 2.24) is 0 Å². The average Bonchev–Trinajstić information content (AvgIpc) is 2.44. The van der Waals surface area contributed by atoms with Crippen LogP contribution in [0.2, 0.25) is 0 Å². The maximum Gasteiger partial charge on any atom is 0.303 e. The molecule has 0 radical (unpaired) electrons. The molecular weight excluding hydrogens is 342 g/mol. The van der Waals surface area contributed by atoms with Crippen LogP contribution in [0, 0.1) is 10.1 Å². The van der Waals surface area contributed by atoms with Gasteiger partial charge in [0.05, 0.1) is 4.92 Å². The summed E-state index contributed by atoms with van der Waals surface area (Å²) < 4.78 is 19.6. The van der Waals surface area contributed by atoms with Crippen molar-refractivity contribution in [1.29, 1.82) is 0 Å². The fourth-order valence-corrected chi connectivity index (χ4v) is 1.72. The van der Waals surface area contributed by atoms with E-state index in [1.807, 2.05) is 0 Å². The van der Waals surface area contributed by atoms with Crippen LogP contribution in [-0.2, 0) is 38.1 Å². The fraction of sp³-hybridized carbons (Fsp3) is 0.571. The third-order valence-electron chi connectivity index (χ3n) is 2.46. The van der Waals surface area contributed by atoms with Crippen molar-refractivity contribution in [2.45, 2.75) is 46.0 Å². The van der Waals surface area contributed by atoms with Crippen LogP contribution in [0.1, 0.15) is 27.7 Å². The second-order valence-corrected chi connectivity index (χ2v) is 4.73. The monoisotopic (exact) mass is 361 g/mol. The lowest BCUT2D eigenvalue weighted by Gasteiger charge is -2.29. The number of hydrogen-bond acceptors (Lipinski definition) is 10. The normalized spacial score (nSPS) is 14.1. The first kappa shape index (κ1) is 22.0. The molecule has 11 heteroatoms. The van der Waals surface area contributed by atoms with Crippen LogP contribution in [0.5, 0.6) is 0 Å². The van der Waals surface area contributed by atoms with Crippen LogP contribution < -0.4 is 0 Å². The minimum atomic E-state index is -1.47. The van der Waals surface area contributed by atoms with E-state index in [4.69, 9.17) is 18.9 Å². The van der Waals surface area contributed by atoms with Crippen molar-refractivity contribution in [2.75, 3.05) is 6.61 Å². The Morgan fingerprint density at radius 2 is 1.44 bits per heavy atom. The Hall–Kier alpha value is -2.98. The van der Waals surface area contributed by atoms with Crippen LogP contribution in [-0.4, -0.2) is 53.7 Å². The zero-order valence-corrected chi connectivity index (χ0v) is 14.1. The Morgan fingerprint density at radius 3 is 1.84 bits per heavy atom. The zero-order chi connectivity index (χ0) is 19.6. The molecule has 0 saturated carbocycles. The Balaban J connectivity index is 5.72. The van der Waals surface area contributed by atoms with Crippen molar-refractivity contribution >= 4 is 23.9 Å². The molecule has 140 valence electrons. The van der Waals surface area contributed by atoms with E-state index in [1.165, 1.54) is 0 Å². The van der Waals surface area contributed by atoms with Gasteiger partial charge in [0.25, 0.3) is 0 Å². The van der Waals surface area contributed by atoms with Gasteiger partial charge < -0.3 is 18.9 Å². The summed E-state index contributed by atoms with van der Waals surface area (Å²) in [6.45, 7) is 3.70. The molecule has 0 amide bonds. The lowest BCUT2D eigenvalue weighted by Crippen LogP contribution is -2.46. The van der Waals surface area contributed by atoms with Gasteiger partial charge in [0.1, 0.15) is 6.61 Å². The van der Waals surface area contributed by atoms with Crippen LogP contribution in [0.25, 0.3) is 0 Å². The molecule has 0 aromatic rings. The third kappa shape index (κ3) is 10.4. The summed E-state index contributed by atoms with van der Waals surface area (Å²) in [6.07, 6.45) is -2.96.